The Labute approximate surface area is 194 Å². The number of benzene rings is 2. The van der Waals surface area contributed by atoms with Crippen LogP contribution < -0.4 is 19.1 Å². The van der Waals surface area contributed by atoms with Crippen LogP contribution in [0.5, 0.6) is 17.2 Å². The summed E-state index contributed by atoms with van der Waals surface area (Å²) < 4.78 is 16.8. The van der Waals surface area contributed by atoms with Crippen molar-refractivity contribution in [2.45, 2.75) is 13.0 Å². The van der Waals surface area contributed by atoms with E-state index in [0.29, 0.717) is 23.8 Å². The summed E-state index contributed by atoms with van der Waals surface area (Å²) >= 11 is 0. The number of nitrogens with zero attached hydrogens (tertiary/aromatic N) is 3. The predicted octanol–water partition coefficient (Wildman–Crippen LogP) is 4.70. The zero-order valence-corrected chi connectivity index (χ0v) is 20.0. The van der Waals surface area contributed by atoms with Gasteiger partial charge in [0.1, 0.15) is 0 Å². The van der Waals surface area contributed by atoms with Crippen LogP contribution in [0, 0.1) is 0 Å². The first-order valence-electron chi connectivity index (χ1n) is 11.1. The molecule has 0 aliphatic heterocycles. The third kappa shape index (κ3) is 4.54. The summed E-state index contributed by atoms with van der Waals surface area (Å²) in [7, 11) is 9.11. The van der Waals surface area contributed by atoms with E-state index in [4.69, 9.17) is 19.2 Å². The number of aromatic nitrogens is 2. The van der Waals surface area contributed by atoms with Gasteiger partial charge in [-0.05, 0) is 51.3 Å². The normalized spacial score (nSPS) is 11.3. The van der Waals surface area contributed by atoms with Crippen molar-refractivity contribution in [1.29, 1.82) is 0 Å². The quantitative estimate of drug-likeness (QED) is 0.379. The van der Waals surface area contributed by atoms with Crippen molar-refractivity contribution in [3.63, 3.8) is 0 Å². The molecule has 0 atom stereocenters. The van der Waals surface area contributed by atoms with Crippen molar-refractivity contribution < 1.29 is 14.2 Å². The van der Waals surface area contributed by atoms with Crippen LogP contribution in [0.1, 0.15) is 12.0 Å². The topological polar surface area (TPSA) is 62.9 Å². The predicted molar refractivity (Wildman–Crippen MR) is 134 cm³/mol. The number of fused-ring (bicyclic) bond motifs is 3. The van der Waals surface area contributed by atoms with E-state index in [1.165, 1.54) is 10.8 Å². The largest absolute Gasteiger partial charge is 0.493 e. The number of aromatic amines is 1. The third-order valence-electron chi connectivity index (χ3n) is 5.89. The first kappa shape index (κ1) is 22.7. The molecule has 0 saturated carbocycles. The van der Waals surface area contributed by atoms with E-state index in [0.717, 1.165) is 41.9 Å². The minimum atomic E-state index is 0.600. The Morgan fingerprint density at radius 1 is 0.848 bits per heavy atom. The van der Waals surface area contributed by atoms with Gasteiger partial charge in [-0.1, -0.05) is 18.2 Å². The smallest absolute Gasteiger partial charge is 0.203 e. The second-order valence-corrected chi connectivity index (χ2v) is 8.30. The maximum Gasteiger partial charge on any atom is 0.203 e. The second kappa shape index (κ2) is 10.0. The van der Waals surface area contributed by atoms with Crippen LogP contribution in [0.2, 0.25) is 0 Å². The lowest BCUT2D eigenvalue weighted by Crippen LogP contribution is -2.28. The molecule has 7 heteroatoms. The zero-order chi connectivity index (χ0) is 23.4. The van der Waals surface area contributed by atoms with Crippen molar-refractivity contribution in [2.75, 3.05) is 53.4 Å². The Bertz CT molecular complexity index is 1240. The number of para-hydroxylation sites is 1. The molecule has 7 nitrogen and oxygen atoms in total. The molecular formula is C26H32N4O3. The molecule has 0 aliphatic rings. The maximum atomic E-state index is 5.76. The standard InChI is InChI=1S/C26H32N4O3/c1-29(2)15-8-16-30(17-18-11-12-22(31-3)25(33-5)24(18)32-4)26-23-20(13-14-27-26)19-9-6-7-10-21(19)28-23/h6-7,9-14,28H,8,15-17H2,1-5H3. The van der Waals surface area contributed by atoms with Gasteiger partial charge in [0.25, 0.3) is 0 Å². The SMILES string of the molecule is COc1ccc(CN(CCCN(C)C)c2nccc3c2[nH]c2ccccc23)c(OC)c1OC. The first-order valence-corrected chi connectivity index (χ1v) is 11.1. The monoisotopic (exact) mass is 448 g/mol. The molecule has 33 heavy (non-hydrogen) atoms. The lowest BCUT2D eigenvalue weighted by Gasteiger charge is -2.26. The fourth-order valence-electron chi connectivity index (χ4n) is 4.33. The molecule has 4 rings (SSSR count). The molecule has 0 saturated heterocycles. The number of pyridine rings is 1. The average molecular weight is 449 g/mol. The van der Waals surface area contributed by atoms with E-state index < -0.39 is 0 Å². The summed E-state index contributed by atoms with van der Waals surface area (Å²) in [5.41, 5.74) is 3.16. The molecule has 174 valence electrons. The Kier molecular flexibility index (Phi) is 6.89. The van der Waals surface area contributed by atoms with Crippen molar-refractivity contribution >= 4 is 27.6 Å². The molecule has 0 radical (unpaired) electrons. The lowest BCUT2D eigenvalue weighted by molar-refractivity contribution is 0.322. The average Bonchev–Trinajstić information content (AvgIpc) is 3.21. The van der Waals surface area contributed by atoms with E-state index >= 15 is 0 Å². The number of anilines is 1. The Balaban J connectivity index is 1.79. The van der Waals surface area contributed by atoms with Gasteiger partial charge in [-0.3, -0.25) is 0 Å². The number of rotatable bonds is 10. The molecule has 4 aromatic rings. The van der Waals surface area contributed by atoms with E-state index in [9.17, 15) is 0 Å². The molecule has 0 amide bonds. The number of H-pyrrole nitrogens is 1. The van der Waals surface area contributed by atoms with Gasteiger partial charge in [0, 0.05) is 41.1 Å². The highest BCUT2D eigenvalue weighted by Gasteiger charge is 2.21. The summed E-state index contributed by atoms with van der Waals surface area (Å²) in [6.07, 6.45) is 2.89. The molecule has 2 heterocycles. The Morgan fingerprint density at radius 2 is 1.64 bits per heavy atom. The Hall–Kier alpha value is -3.45. The summed E-state index contributed by atoms with van der Waals surface area (Å²) in [4.78, 5) is 12.9. The minimum Gasteiger partial charge on any atom is -0.493 e. The number of nitrogens with one attached hydrogen (secondary N) is 1. The van der Waals surface area contributed by atoms with Crippen LogP contribution in [0.3, 0.4) is 0 Å². The molecule has 0 spiro atoms. The van der Waals surface area contributed by atoms with E-state index in [1.54, 1.807) is 21.3 Å². The minimum absolute atomic E-state index is 0.600. The van der Waals surface area contributed by atoms with Crippen LogP contribution in [-0.2, 0) is 6.54 Å². The van der Waals surface area contributed by atoms with E-state index in [2.05, 4.69) is 53.1 Å². The number of hydrogen-bond acceptors (Lipinski definition) is 6. The summed E-state index contributed by atoms with van der Waals surface area (Å²) in [5.74, 6) is 2.85. The van der Waals surface area contributed by atoms with Crippen molar-refractivity contribution in [3.8, 4) is 17.2 Å². The molecule has 0 unspecified atom stereocenters. The molecule has 0 fully saturated rings. The molecule has 2 aromatic carbocycles. The van der Waals surface area contributed by atoms with Crippen molar-refractivity contribution in [1.82, 2.24) is 14.9 Å². The van der Waals surface area contributed by atoms with Gasteiger partial charge < -0.3 is 29.0 Å². The number of ether oxygens (including phenoxy) is 3. The van der Waals surface area contributed by atoms with Crippen molar-refractivity contribution in [3.05, 3.63) is 54.2 Å². The van der Waals surface area contributed by atoms with Gasteiger partial charge in [0.2, 0.25) is 5.75 Å². The van der Waals surface area contributed by atoms with Gasteiger partial charge in [0.05, 0.1) is 26.8 Å². The fourth-order valence-corrected chi connectivity index (χ4v) is 4.33. The summed E-state index contributed by atoms with van der Waals surface area (Å²) in [5, 5.41) is 2.38. The molecule has 0 bridgehead atoms. The highest BCUT2D eigenvalue weighted by molar-refractivity contribution is 6.10. The molecule has 1 N–H and O–H groups in total. The highest BCUT2D eigenvalue weighted by atomic mass is 16.5. The van der Waals surface area contributed by atoms with Crippen LogP contribution in [0.25, 0.3) is 21.8 Å². The zero-order valence-electron chi connectivity index (χ0n) is 20.0. The van der Waals surface area contributed by atoms with Crippen LogP contribution in [0.15, 0.2) is 48.7 Å². The van der Waals surface area contributed by atoms with Gasteiger partial charge in [-0.25, -0.2) is 4.98 Å². The summed E-state index contributed by atoms with van der Waals surface area (Å²) in [6.45, 7) is 2.46. The second-order valence-electron chi connectivity index (χ2n) is 8.30. The molecule has 2 aromatic heterocycles. The van der Waals surface area contributed by atoms with Crippen LogP contribution in [0.4, 0.5) is 5.82 Å². The van der Waals surface area contributed by atoms with Gasteiger partial charge in [-0.15, -0.1) is 0 Å². The number of methoxy groups -OCH3 is 3. The van der Waals surface area contributed by atoms with E-state index in [-0.39, 0.29) is 0 Å². The maximum absolute atomic E-state index is 5.76. The molecular weight excluding hydrogens is 416 g/mol. The fraction of sp³-hybridized carbons (Fsp3) is 0.346. The third-order valence-corrected chi connectivity index (χ3v) is 5.89. The van der Waals surface area contributed by atoms with Gasteiger partial charge in [-0.2, -0.15) is 0 Å². The first-order chi connectivity index (χ1) is 16.1. The van der Waals surface area contributed by atoms with E-state index in [1.807, 2.05) is 24.4 Å². The van der Waals surface area contributed by atoms with Gasteiger partial charge >= 0.3 is 0 Å². The van der Waals surface area contributed by atoms with Crippen LogP contribution >= 0.6 is 0 Å². The van der Waals surface area contributed by atoms with Crippen LogP contribution in [-0.4, -0.2) is 63.4 Å². The van der Waals surface area contributed by atoms with Crippen molar-refractivity contribution in [2.24, 2.45) is 0 Å². The highest BCUT2D eigenvalue weighted by Crippen LogP contribution is 2.41. The molecule has 0 aliphatic carbocycles. The van der Waals surface area contributed by atoms with Gasteiger partial charge in [0.15, 0.2) is 17.3 Å². The lowest BCUT2D eigenvalue weighted by atomic mass is 10.1. The Morgan fingerprint density at radius 3 is 2.36 bits per heavy atom. The number of hydrogen-bond donors (Lipinski definition) is 1. The summed E-state index contributed by atoms with van der Waals surface area (Å²) in [6, 6.07) is 14.4.